The van der Waals surface area contributed by atoms with E-state index >= 15 is 0 Å². The molecule has 0 aliphatic carbocycles. The van der Waals surface area contributed by atoms with E-state index in [9.17, 15) is 4.79 Å². The van der Waals surface area contributed by atoms with E-state index in [1.807, 2.05) is 13.8 Å². The molecule has 0 aromatic carbocycles. The van der Waals surface area contributed by atoms with E-state index in [0.717, 1.165) is 37.1 Å². The number of rotatable bonds is 2. The summed E-state index contributed by atoms with van der Waals surface area (Å²) in [5, 5.41) is 13.2. The van der Waals surface area contributed by atoms with Gasteiger partial charge in [0, 0.05) is 11.3 Å². The van der Waals surface area contributed by atoms with E-state index in [1.165, 1.54) is 12.8 Å². The first-order valence-corrected chi connectivity index (χ1v) is 6.74. The summed E-state index contributed by atoms with van der Waals surface area (Å²) in [6.07, 6.45) is 5.67. The molecule has 5 heteroatoms. The number of hydrogen-bond acceptors (Lipinski definition) is 3. The Balaban J connectivity index is 1.95. The maximum absolute atomic E-state index is 12.2. The summed E-state index contributed by atoms with van der Waals surface area (Å²) in [5.41, 5.74) is 2.00. The lowest BCUT2D eigenvalue weighted by Gasteiger charge is -2.20. The van der Waals surface area contributed by atoms with Crippen LogP contribution in [0.15, 0.2) is 0 Å². The van der Waals surface area contributed by atoms with Gasteiger partial charge < -0.3 is 10.6 Å². The van der Waals surface area contributed by atoms with Gasteiger partial charge >= 0.3 is 0 Å². The normalized spacial score (nSPS) is 21.1. The van der Waals surface area contributed by atoms with Crippen molar-refractivity contribution in [1.82, 2.24) is 15.5 Å². The fourth-order valence-electron chi connectivity index (χ4n) is 2.24. The maximum Gasteiger partial charge on any atom is 0.242 e. The van der Waals surface area contributed by atoms with E-state index in [0.29, 0.717) is 5.82 Å². The van der Waals surface area contributed by atoms with Crippen molar-refractivity contribution in [2.24, 2.45) is 0 Å². The van der Waals surface area contributed by atoms with E-state index in [4.69, 9.17) is 0 Å². The first-order valence-electron chi connectivity index (χ1n) is 6.74. The van der Waals surface area contributed by atoms with E-state index < -0.39 is 0 Å². The number of aromatic nitrogens is 2. The van der Waals surface area contributed by atoms with Crippen molar-refractivity contribution in [2.45, 2.75) is 52.0 Å². The molecule has 0 radical (unpaired) electrons. The molecule has 1 aliphatic heterocycles. The summed E-state index contributed by atoms with van der Waals surface area (Å²) >= 11 is 0. The van der Waals surface area contributed by atoms with Gasteiger partial charge in [-0.15, -0.1) is 0 Å². The number of nitrogens with zero attached hydrogens (tertiary/aromatic N) is 1. The zero-order valence-corrected chi connectivity index (χ0v) is 11.2. The average Bonchev–Trinajstić information content (AvgIpc) is 2.60. The first-order chi connectivity index (χ1) is 8.68. The van der Waals surface area contributed by atoms with E-state index in [-0.39, 0.29) is 11.9 Å². The van der Waals surface area contributed by atoms with Gasteiger partial charge in [0.15, 0.2) is 5.82 Å². The van der Waals surface area contributed by atoms with Crippen LogP contribution in [0.1, 0.15) is 43.4 Å². The Bertz CT molecular complexity index is 405. The van der Waals surface area contributed by atoms with Crippen LogP contribution in [-0.2, 0) is 4.79 Å². The molecule has 100 valence electrons. The number of nitrogens with one attached hydrogen (secondary N) is 3. The summed E-state index contributed by atoms with van der Waals surface area (Å²) in [6.45, 7) is 4.84. The van der Waals surface area contributed by atoms with Crippen LogP contribution in [0.5, 0.6) is 0 Å². The molecule has 0 bridgehead atoms. The third-order valence-electron chi connectivity index (χ3n) is 3.62. The van der Waals surface area contributed by atoms with Gasteiger partial charge in [0.1, 0.15) is 0 Å². The zero-order chi connectivity index (χ0) is 13.0. The standard InChI is InChI=1S/C13H22N4O/c1-9-10(2)16-17-12(9)15-13(18)11-7-5-3-4-6-8-14-11/h11,14H,3-8H2,1-2H3,(H2,15,16,17,18). The number of carbonyl (C=O) groups excluding carboxylic acids is 1. The lowest BCUT2D eigenvalue weighted by atomic mass is 10.0. The lowest BCUT2D eigenvalue weighted by molar-refractivity contribution is -0.118. The van der Waals surface area contributed by atoms with Gasteiger partial charge in [-0.05, 0) is 33.2 Å². The summed E-state index contributed by atoms with van der Waals surface area (Å²) in [5.74, 6) is 0.688. The minimum absolute atomic E-state index is 0.0338. The van der Waals surface area contributed by atoms with Crippen LogP contribution in [0.2, 0.25) is 0 Å². The molecule has 1 aromatic rings. The molecule has 1 unspecified atom stereocenters. The molecule has 18 heavy (non-hydrogen) atoms. The molecule has 1 amide bonds. The zero-order valence-electron chi connectivity index (χ0n) is 11.2. The smallest absolute Gasteiger partial charge is 0.242 e. The molecule has 1 fully saturated rings. The summed E-state index contributed by atoms with van der Waals surface area (Å²) in [4.78, 5) is 12.2. The van der Waals surface area contributed by atoms with Crippen LogP contribution >= 0.6 is 0 Å². The minimum atomic E-state index is -0.0818. The predicted molar refractivity (Wildman–Crippen MR) is 71.6 cm³/mol. The highest BCUT2D eigenvalue weighted by molar-refractivity contribution is 5.94. The second-order valence-electron chi connectivity index (χ2n) is 5.02. The third kappa shape index (κ3) is 3.10. The van der Waals surface area contributed by atoms with Crippen LogP contribution in [0.4, 0.5) is 5.82 Å². The fraction of sp³-hybridized carbons (Fsp3) is 0.692. The van der Waals surface area contributed by atoms with Gasteiger partial charge in [0.05, 0.1) is 6.04 Å². The van der Waals surface area contributed by atoms with Gasteiger partial charge in [-0.2, -0.15) is 5.10 Å². The molecular weight excluding hydrogens is 228 g/mol. The molecule has 0 saturated carbocycles. The van der Waals surface area contributed by atoms with Gasteiger partial charge in [0.2, 0.25) is 5.91 Å². The Labute approximate surface area is 108 Å². The molecule has 1 aromatic heterocycles. The number of aryl methyl sites for hydroxylation is 1. The summed E-state index contributed by atoms with van der Waals surface area (Å²) < 4.78 is 0. The number of hydrogen-bond donors (Lipinski definition) is 3. The Hall–Kier alpha value is -1.36. The fourth-order valence-corrected chi connectivity index (χ4v) is 2.24. The number of anilines is 1. The molecule has 2 heterocycles. The van der Waals surface area contributed by atoms with Crippen molar-refractivity contribution in [3.05, 3.63) is 11.3 Å². The number of aromatic amines is 1. The molecule has 1 aliphatic rings. The monoisotopic (exact) mass is 250 g/mol. The van der Waals surface area contributed by atoms with E-state index in [2.05, 4.69) is 20.8 Å². The third-order valence-corrected chi connectivity index (χ3v) is 3.62. The first kappa shape index (κ1) is 13.1. The Morgan fingerprint density at radius 2 is 2.06 bits per heavy atom. The van der Waals surface area contributed by atoms with Gasteiger partial charge in [-0.1, -0.05) is 19.3 Å². The number of H-pyrrole nitrogens is 1. The number of amides is 1. The molecule has 1 saturated heterocycles. The molecule has 0 spiro atoms. The Morgan fingerprint density at radius 1 is 1.28 bits per heavy atom. The van der Waals surface area contributed by atoms with Crippen molar-refractivity contribution >= 4 is 11.7 Å². The molecule has 3 N–H and O–H groups in total. The van der Waals surface area contributed by atoms with Gasteiger partial charge in [-0.3, -0.25) is 9.89 Å². The minimum Gasteiger partial charge on any atom is -0.308 e. The van der Waals surface area contributed by atoms with Crippen LogP contribution in [0.3, 0.4) is 0 Å². The SMILES string of the molecule is Cc1[nH]nc(NC(=O)C2CCCCCCN2)c1C. The van der Waals surface area contributed by atoms with Crippen molar-refractivity contribution < 1.29 is 4.79 Å². The van der Waals surface area contributed by atoms with Crippen molar-refractivity contribution in [1.29, 1.82) is 0 Å². The largest absolute Gasteiger partial charge is 0.308 e. The second-order valence-corrected chi connectivity index (χ2v) is 5.02. The van der Waals surface area contributed by atoms with Gasteiger partial charge in [-0.25, -0.2) is 0 Å². The van der Waals surface area contributed by atoms with Crippen LogP contribution in [0.25, 0.3) is 0 Å². The average molecular weight is 250 g/mol. The summed E-state index contributed by atoms with van der Waals surface area (Å²) in [7, 11) is 0. The van der Waals surface area contributed by atoms with Crippen LogP contribution in [-0.4, -0.2) is 28.7 Å². The van der Waals surface area contributed by atoms with E-state index in [1.54, 1.807) is 0 Å². The Morgan fingerprint density at radius 3 is 2.78 bits per heavy atom. The molecule has 5 nitrogen and oxygen atoms in total. The quantitative estimate of drug-likeness (QED) is 0.750. The molecule has 2 rings (SSSR count). The van der Waals surface area contributed by atoms with Crippen molar-refractivity contribution in [2.75, 3.05) is 11.9 Å². The highest BCUT2D eigenvalue weighted by atomic mass is 16.2. The van der Waals surface area contributed by atoms with Crippen LogP contribution < -0.4 is 10.6 Å². The predicted octanol–water partition coefficient (Wildman–Crippen LogP) is 1.89. The van der Waals surface area contributed by atoms with Crippen molar-refractivity contribution in [3.8, 4) is 0 Å². The van der Waals surface area contributed by atoms with Crippen molar-refractivity contribution in [3.63, 3.8) is 0 Å². The second kappa shape index (κ2) is 6.00. The molecule has 1 atom stereocenters. The highest BCUT2D eigenvalue weighted by Gasteiger charge is 2.20. The molecular formula is C13H22N4O. The summed E-state index contributed by atoms with van der Waals surface area (Å²) in [6, 6.07) is -0.0818. The van der Waals surface area contributed by atoms with Crippen LogP contribution in [0, 0.1) is 13.8 Å². The number of carbonyl (C=O) groups is 1. The Kier molecular flexibility index (Phi) is 4.36. The lowest BCUT2D eigenvalue weighted by Crippen LogP contribution is -2.41. The highest BCUT2D eigenvalue weighted by Crippen LogP contribution is 2.15. The topological polar surface area (TPSA) is 69.8 Å². The van der Waals surface area contributed by atoms with Gasteiger partial charge in [0.25, 0.3) is 0 Å². The maximum atomic E-state index is 12.2.